The van der Waals surface area contributed by atoms with Crippen molar-refractivity contribution in [1.29, 1.82) is 0 Å². The summed E-state index contributed by atoms with van der Waals surface area (Å²) in [6.07, 6.45) is 0. The molecule has 0 aliphatic rings. The highest BCUT2D eigenvalue weighted by molar-refractivity contribution is 6.05. The lowest BCUT2D eigenvalue weighted by Gasteiger charge is -1.98. The molecule has 2 radical (unpaired) electrons. The zero-order valence-corrected chi connectivity index (χ0v) is 8.35. The topological polar surface area (TPSA) is 0 Å². The minimum absolute atomic E-state index is 1.28. The molecule has 1 heteroatoms. The Morgan fingerprint density at radius 1 is 0.571 bits per heavy atom. The molecule has 0 N–H and O–H groups in total. The molecule has 0 aromatic heterocycles. The van der Waals surface area contributed by atoms with Crippen LogP contribution in [-0.4, -0.2) is 7.85 Å². The van der Waals surface area contributed by atoms with Gasteiger partial charge in [0.2, 0.25) is 0 Å². The number of hydrogen-bond acceptors (Lipinski definition) is 0. The van der Waals surface area contributed by atoms with E-state index in [0.717, 1.165) is 0 Å². The molecular formula is C13H13B. The molecule has 0 nitrogen and oxygen atoms in total. The van der Waals surface area contributed by atoms with E-state index in [1.165, 1.54) is 17.9 Å². The third-order valence-electron chi connectivity index (χ3n) is 1.88. The van der Waals surface area contributed by atoms with Gasteiger partial charge in [-0.15, -0.1) is 0 Å². The first kappa shape index (κ1) is 10.6. The van der Waals surface area contributed by atoms with Crippen molar-refractivity contribution in [3.8, 4) is 11.1 Å². The Labute approximate surface area is 87.0 Å². The number of hydrogen-bond donors (Lipinski definition) is 0. The zero-order valence-electron chi connectivity index (χ0n) is 8.35. The van der Waals surface area contributed by atoms with Gasteiger partial charge < -0.3 is 0 Å². The predicted octanol–water partition coefficient (Wildman–Crippen LogP) is 3.56. The molecule has 0 saturated heterocycles. The first-order valence-electron chi connectivity index (χ1n) is 4.65. The van der Waals surface area contributed by atoms with E-state index < -0.39 is 0 Å². The number of benzene rings is 2. The maximum atomic E-state index is 4.50. The van der Waals surface area contributed by atoms with Crippen molar-refractivity contribution in [3.63, 3.8) is 0 Å². The number of rotatable bonds is 1. The van der Waals surface area contributed by atoms with Gasteiger partial charge in [-0.3, -0.25) is 0 Å². The van der Waals surface area contributed by atoms with Crippen LogP contribution >= 0.6 is 0 Å². The summed E-state index contributed by atoms with van der Waals surface area (Å²) in [6, 6.07) is 20.8. The third-order valence-corrected chi connectivity index (χ3v) is 1.88. The van der Waals surface area contributed by atoms with Crippen LogP contribution in [0.3, 0.4) is 0 Å². The standard InChI is InChI=1S/C12H10.CH3B/c1-3-7-11(8-4-1)12-9-5-2-6-10-12;1-2/h1-10H;1H3. The molecule has 0 aliphatic heterocycles. The molecule has 0 atom stereocenters. The molecular weight excluding hydrogens is 167 g/mol. The van der Waals surface area contributed by atoms with Crippen LogP contribution in [0.2, 0.25) is 6.82 Å². The van der Waals surface area contributed by atoms with Gasteiger partial charge in [0.1, 0.15) is 0 Å². The van der Waals surface area contributed by atoms with Gasteiger partial charge in [-0.25, -0.2) is 0 Å². The van der Waals surface area contributed by atoms with Crippen molar-refractivity contribution in [1.82, 2.24) is 0 Å². The molecule has 0 fully saturated rings. The van der Waals surface area contributed by atoms with Gasteiger partial charge in [0.25, 0.3) is 0 Å². The summed E-state index contributed by atoms with van der Waals surface area (Å²) >= 11 is 0. The predicted molar refractivity (Wildman–Crippen MR) is 63.5 cm³/mol. The Hall–Kier alpha value is -1.50. The summed E-state index contributed by atoms with van der Waals surface area (Å²) in [7, 11) is 4.50. The Balaban J connectivity index is 0.000000461. The van der Waals surface area contributed by atoms with Crippen molar-refractivity contribution in [2.24, 2.45) is 0 Å². The Kier molecular flexibility index (Phi) is 4.56. The van der Waals surface area contributed by atoms with Gasteiger partial charge in [0, 0.05) is 0 Å². The van der Waals surface area contributed by atoms with E-state index in [2.05, 4.69) is 56.4 Å². The monoisotopic (exact) mass is 180 g/mol. The van der Waals surface area contributed by atoms with Gasteiger partial charge in [-0.1, -0.05) is 67.5 Å². The van der Waals surface area contributed by atoms with Crippen LogP contribution in [0.4, 0.5) is 0 Å². The summed E-state index contributed by atoms with van der Waals surface area (Å²) in [4.78, 5) is 0. The molecule has 0 saturated carbocycles. The molecule has 2 aromatic rings. The van der Waals surface area contributed by atoms with Gasteiger partial charge >= 0.3 is 0 Å². The highest BCUT2D eigenvalue weighted by Crippen LogP contribution is 2.17. The molecule has 14 heavy (non-hydrogen) atoms. The maximum Gasteiger partial charge on any atom is 0.0606 e. The van der Waals surface area contributed by atoms with E-state index in [1.54, 1.807) is 0 Å². The van der Waals surface area contributed by atoms with Crippen molar-refractivity contribution < 1.29 is 0 Å². The Morgan fingerprint density at radius 3 is 1.14 bits per heavy atom. The fraction of sp³-hybridized carbons (Fsp3) is 0.0769. The second-order valence-electron chi connectivity index (χ2n) is 2.73. The summed E-state index contributed by atoms with van der Waals surface area (Å²) in [6.45, 7) is 1.50. The first-order valence-corrected chi connectivity index (χ1v) is 4.65. The minimum atomic E-state index is 1.28. The second-order valence-corrected chi connectivity index (χ2v) is 2.73. The van der Waals surface area contributed by atoms with Crippen LogP contribution in [-0.2, 0) is 0 Å². The lowest BCUT2D eigenvalue weighted by Crippen LogP contribution is -1.73. The second kappa shape index (κ2) is 6.03. The molecule has 0 amide bonds. The normalized spacial score (nSPS) is 8.64. The minimum Gasteiger partial charge on any atom is -0.0999 e. The fourth-order valence-electron chi connectivity index (χ4n) is 1.26. The van der Waals surface area contributed by atoms with E-state index in [9.17, 15) is 0 Å². The van der Waals surface area contributed by atoms with Gasteiger partial charge in [0.15, 0.2) is 0 Å². The molecule has 0 bridgehead atoms. The zero-order chi connectivity index (χ0) is 10.2. The van der Waals surface area contributed by atoms with Gasteiger partial charge in [-0.2, -0.15) is 0 Å². The van der Waals surface area contributed by atoms with Gasteiger partial charge in [0.05, 0.1) is 7.85 Å². The summed E-state index contributed by atoms with van der Waals surface area (Å²) in [5, 5.41) is 0. The van der Waals surface area contributed by atoms with Crippen molar-refractivity contribution in [2.45, 2.75) is 6.82 Å². The van der Waals surface area contributed by atoms with Crippen LogP contribution in [0.25, 0.3) is 11.1 Å². The van der Waals surface area contributed by atoms with E-state index in [0.29, 0.717) is 0 Å². The van der Waals surface area contributed by atoms with Crippen LogP contribution in [0.1, 0.15) is 0 Å². The summed E-state index contributed by atoms with van der Waals surface area (Å²) in [5.41, 5.74) is 2.55. The SMILES string of the molecule is [B]C.c1ccc(-c2ccccc2)cc1. The van der Waals surface area contributed by atoms with Crippen molar-refractivity contribution in [3.05, 3.63) is 60.7 Å². The first-order chi connectivity index (χ1) is 6.97. The molecule has 2 aromatic carbocycles. The smallest absolute Gasteiger partial charge is 0.0606 e. The largest absolute Gasteiger partial charge is 0.0999 e. The van der Waals surface area contributed by atoms with Crippen LogP contribution in [0.5, 0.6) is 0 Å². The summed E-state index contributed by atoms with van der Waals surface area (Å²) < 4.78 is 0. The highest BCUT2D eigenvalue weighted by Gasteiger charge is 1.91. The Bertz CT molecular complexity index is 303. The van der Waals surface area contributed by atoms with E-state index >= 15 is 0 Å². The average molecular weight is 180 g/mol. The van der Waals surface area contributed by atoms with Crippen LogP contribution < -0.4 is 0 Å². The molecule has 0 aliphatic carbocycles. The maximum absolute atomic E-state index is 4.50. The van der Waals surface area contributed by atoms with Crippen LogP contribution in [0, 0.1) is 0 Å². The quantitative estimate of drug-likeness (QED) is 0.588. The molecule has 0 heterocycles. The molecule has 0 unspecified atom stereocenters. The molecule has 2 rings (SSSR count). The van der Waals surface area contributed by atoms with E-state index in [-0.39, 0.29) is 0 Å². The van der Waals surface area contributed by atoms with E-state index in [1.807, 2.05) is 12.1 Å². The van der Waals surface area contributed by atoms with Crippen molar-refractivity contribution >= 4 is 7.85 Å². The van der Waals surface area contributed by atoms with Gasteiger partial charge in [-0.05, 0) is 11.1 Å². The summed E-state index contributed by atoms with van der Waals surface area (Å²) in [5.74, 6) is 0. The molecule has 0 spiro atoms. The lowest BCUT2D eigenvalue weighted by atomic mass is 10.1. The average Bonchev–Trinajstić information content (AvgIpc) is 2.34. The fourth-order valence-corrected chi connectivity index (χ4v) is 1.26. The Morgan fingerprint density at radius 2 is 0.857 bits per heavy atom. The van der Waals surface area contributed by atoms with Crippen molar-refractivity contribution in [2.75, 3.05) is 0 Å². The third kappa shape index (κ3) is 2.77. The molecule has 68 valence electrons. The van der Waals surface area contributed by atoms with E-state index in [4.69, 9.17) is 0 Å². The highest BCUT2D eigenvalue weighted by atomic mass is 14.0. The lowest BCUT2D eigenvalue weighted by molar-refractivity contribution is 1.62. The van der Waals surface area contributed by atoms with Crippen LogP contribution in [0.15, 0.2) is 60.7 Å².